The SMILES string of the molecule is CCOC(=O)c1c(O)c2cnc(-c3ccccc3)nc2n(C(C)C)c1=O. The summed E-state index contributed by atoms with van der Waals surface area (Å²) in [5.41, 5.74) is 0.0146. The van der Waals surface area contributed by atoms with Crippen LogP contribution in [0.3, 0.4) is 0 Å². The maximum Gasteiger partial charge on any atom is 0.347 e. The van der Waals surface area contributed by atoms with Gasteiger partial charge in [-0.3, -0.25) is 9.36 Å². The number of ether oxygens (including phenoxy) is 1. The Bertz CT molecular complexity index is 1030. The summed E-state index contributed by atoms with van der Waals surface area (Å²) in [6.45, 7) is 5.33. The van der Waals surface area contributed by atoms with Crippen molar-refractivity contribution >= 4 is 17.0 Å². The van der Waals surface area contributed by atoms with Gasteiger partial charge in [0.25, 0.3) is 5.56 Å². The lowest BCUT2D eigenvalue weighted by atomic mass is 10.1. The van der Waals surface area contributed by atoms with Crippen LogP contribution in [0.2, 0.25) is 0 Å². The number of fused-ring (bicyclic) bond motifs is 1. The largest absolute Gasteiger partial charge is 0.506 e. The fraction of sp³-hybridized carbons (Fsp3) is 0.263. The summed E-state index contributed by atoms with van der Waals surface area (Å²) in [7, 11) is 0. The first-order chi connectivity index (χ1) is 12.5. The number of rotatable bonds is 4. The third kappa shape index (κ3) is 2.92. The van der Waals surface area contributed by atoms with Crippen molar-refractivity contribution in [1.82, 2.24) is 14.5 Å². The van der Waals surface area contributed by atoms with Crippen molar-refractivity contribution in [1.29, 1.82) is 0 Å². The van der Waals surface area contributed by atoms with E-state index in [1.165, 1.54) is 10.8 Å². The molecule has 0 aliphatic heterocycles. The van der Waals surface area contributed by atoms with Crippen LogP contribution in [0.1, 0.15) is 37.2 Å². The summed E-state index contributed by atoms with van der Waals surface area (Å²) in [6, 6.07) is 9.03. The van der Waals surface area contributed by atoms with E-state index in [4.69, 9.17) is 4.74 Å². The molecule has 26 heavy (non-hydrogen) atoms. The van der Waals surface area contributed by atoms with E-state index < -0.39 is 22.8 Å². The molecule has 1 aromatic carbocycles. The molecule has 1 N–H and O–H groups in total. The number of benzene rings is 1. The number of hydrogen-bond acceptors (Lipinski definition) is 6. The average Bonchev–Trinajstić information content (AvgIpc) is 2.62. The van der Waals surface area contributed by atoms with E-state index in [9.17, 15) is 14.7 Å². The molecule has 3 aromatic rings. The number of aromatic hydroxyl groups is 1. The normalized spacial score (nSPS) is 11.1. The van der Waals surface area contributed by atoms with Crippen molar-refractivity contribution < 1.29 is 14.6 Å². The molecular formula is C19H19N3O4. The van der Waals surface area contributed by atoms with Gasteiger partial charge in [-0.05, 0) is 20.8 Å². The zero-order valence-corrected chi connectivity index (χ0v) is 14.8. The molecule has 0 spiro atoms. The van der Waals surface area contributed by atoms with Gasteiger partial charge in [0.1, 0.15) is 5.75 Å². The molecule has 0 fully saturated rings. The van der Waals surface area contributed by atoms with E-state index >= 15 is 0 Å². The zero-order valence-electron chi connectivity index (χ0n) is 14.8. The molecular weight excluding hydrogens is 334 g/mol. The lowest BCUT2D eigenvalue weighted by molar-refractivity contribution is 0.0520. The summed E-state index contributed by atoms with van der Waals surface area (Å²) in [5, 5.41) is 10.7. The van der Waals surface area contributed by atoms with E-state index in [1.807, 2.05) is 30.3 Å². The number of carbonyl (C=O) groups excluding carboxylic acids is 1. The van der Waals surface area contributed by atoms with Crippen LogP contribution in [0.5, 0.6) is 5.75 Å². The van der Waals surface area contributed by atoms with Gasteiger partial charge in [0.15, 0.2) is 17.0 Å². The van der Waals surface area contributed by atoms with Crippen LogP contribution in [-0.4, -0.2) is 32.2 Å². The smallest absolute Gasteiger partial charge is 0.347 e. The highest BCUT2D eigenvalue weighted by molar-refractivity contribution is 5.98. The second-order valence-corrected chi connectivity index (χ2v) is 6.01. The second-order valence-electron chi connectivity index (χ2n) is 6.01. The molecule has 0 aliphatic rings. The minimum absolute atomic E-state index is 0.0981. The predicted octanol–water partition coefficient (Wildman–Crippen LogP) is 2.92. The van der Waals surface area contributed by atoms with Crippen LogP contribution in [0, 0.1) is 0 Å². The van der Waals surface area contributed by atoms with Crippen molar-refractivity contribution in [2.24, 2.45) is 0 Å². The lowest BCUT2D eigenvalue weighted by Crippen LogP contribution is -2.29. The van der Waals surface area contributed by atoms with Crippen LogP contribution >= 0.6 is 0 Å². The summed E-state index contributed by atoms with van der Waals surface area (Å²) < 4.78 is 6.28. The lowest BCUT2D eigenvalue weighted by Gasteiger charge is -2.16. The van der Waals surface area contributed by atoms with Crippen LogP contribution < -0.4 is 5.56 Å². The number of esters is 1. The summed E-state index contributed by atoms with van der Waals surface area (Å²) in [6.07, 6.45) is 1.42. The van der Waals surface area contributed by atoms with Gasteiger partial charge in [-0.1, -0.05) is 30.3 Å². The molecule has 0 atom stereocenters. The molecule has 0 amide bonds. The minimum Gasteiger partial charge on any atom is -0.506 e. The molecule has 134 valence electrons. The third-order valence-corrected chi connectivity index (χ3v) is 3.95. The molecule has 0 saturated heterocycles. The van der Waals surface area contributed by atoms with Crippen LogP contribution in [0.15, 0.2) is 41.3 Å². The molecule has 0 bridgehead atoms. The Morgan fingerprint density at radius 2 is 1.96 bits per heavy atom. The molecule has 0 saturated carbocycles. The Kier molecular flexibility index (Phi) is 4.71. The quantitative estimate of drug-likeness (QED) is 0.725. The summed E-state index contributed by atoms with van der Waals surface area (Å²) >= 11 is 0. The first kappa shape index (κ1) is 17.6. The Morgan fingerprint density at radius 1 is 1.27 bits per heavy atom. The first-order valence-corrected chi connectivity index (χ1v) is 8.32. The van der Waals surface area contributed by atoms with Gasteiger partial charge in [0, 0.05) is 17.8 Å². The Morgan fingerprint density at radius 3 is 2.58 bits per heavy atom. The number of hydrogen-bond donors (Lipinski definition) is 1. The van der Waals surface area contributed by atoms with Gasteiger partial charge in [0.2, 0.25) is 0 Å². The molecule has 7 nitrogen and oxygen atoms in total. The Balaban J connectivity index is 2.35. The third-order valence-electron chi connectivity index (χ3n) is 3.95. The maximum absolute atomic E-state index is 12.9. The topological polar surface area (TPSA) is 94.3 Å². The summed E-state index contributed by atoms with van der Waals surface area (Å²) in [4.78, 5) is 33.8. The van der Waals surface area contributed by atoms with Crippen molar-refractivity contribution in [3.05, 3.63) is 52.4 Å². The van der Waals surface area contributed by atoms with Gasteiger partial charge in [-0.25, -0.2) is 14.8 Å². The molecule has 2 aromatic heterocycles. The minimum atomic E-state index is -0.863. The molecule has 2 heterocycles. The number of pyridine rings is 1. The molecule has 0 radical (unpaired) electrons. The predicted molar refractivity (Wildman–Crippen MR) is 97.2 cm³/mol. The summed E-state index contributed by atoms with van der Waals surface area (Å²) in [5.74, 6) is -0.895. The van der Waals surface area contributed by atoms with Gasteiger partial charge in [-0.2, -0.15) is 0 Å². The van der Waals surface area contributed by atoms with Crippen LogP contribution in [0.25, 0.3) is 22.4 Å². The monoisotopic (exact) mass is 353 g/mol. The van der Waals surface area contributed by atoms with E-state index in [-0.39, 0.29) is 23.7 Å². The maximum atomic E-state index is 12.9. The molecule has 0 unspecified atom stereocenters. The molecule has 0 aliphatic carbocycles. The van der Waals surface area contributed by atoms with E-state index in [1.54, 1.807) is 20.8 Å². The van der Waals surface area contributed by atoms with Gasteiger partial charge in [-0.15, -0.1) is 0 Å². The fourth-order valence-corrected chi connectivity index (χ4v) is 2.77. The van der Waals surface area contributed by atoms with Gasteiger partial charge in [0.05, 0.1) is 12.0 Å². The first-order valence-electron chi connectivity index (χ1n) is 8.32. The second kappa shape index (κ2) is 6.95. The number of carbonyl (C=O) groups is 1. The fourth-order valence-electron chi connectivity index (χ4n) is 2.77. The zero-order chi connectivity index (χ0) is 18.8. The van der Waals surface area contributed by atoms with Crippen LogP contribution in [0.4, 0.5) is 0 Å². The standard InChI is InChI=1S/C19H19N3O4/c1-4-26-19(25)14-15(23)13-10-20-16(12-8-6-5-7-9-12)21-17(13)22(11(2)3)18(14)24/h5-11,23H,4H2,1-3H3. The van der Waals surface area contributed by atoms with Crippen molar-refractivity contribution in [2.45, 2.75) is 26.8 Å². The van der Waals surface area contributed by atoms with Crippen LogP contribution in [-0.2, 0) is 4.74 Å². The average molecular weight is 353 g/mol. The highest BCUT2D eigenvalue weighted by atomic mass is 16.5. The number of nitrogens with zero attached hydrogens (tertiary/aromatic N) is 3. The Labute approximate surface area is 149 Å². The highest BCUT2D eigenvalue weighted by Crippen LogP contribution is 2.28. The van der Waals surface area contributed by atoms with E-state index in [2.05, 4.69) is 9.97 Å². The molecule has 7 heteroatoms. The van der Waals surface area contributed by atoms with Crippen molar-refractivity contribution in [3.63, 3.8) is 0 Å². The van der Waals surface area contributed by atoms with E-state index in [0.29, 0.717) is 5.82 Å². The van der Waals surface area contributed by atoms with Gasteiger partial charge < -0.3 is 9.84 Å². The Hall–Kier alpha value is -3.22. The highest BCUT2D eigenvalue weighted by Gasteiger charge is 2.25. The number of aromatic nitrogens is 3. The van der Waals surface area contributed by atoms with Gasteiger partial charge >= 0.3 is 5.97 Å². The van der Waals surface area contributed by atoms with Crippen molar-refractivity contribution in [2.75, 3.05) is 6.61 Å². The van der Waals surface area contributed by atoms with E-state index in [0.717, 1.165) is 5.56 Å². The molecule has 3 rings (SSSR count). The van der Waals surface area contributed by atoms with Crippen molar-refractivity contribution in [3.8, 4) is 17.1 Å².